The molecule has 0 amide bonds. The minimum atomic E-state index is 0.154. The Labute approximate surface area is 186 Å². The number of likely N-dealkylation sites (tertiary alicyclic amines) is 1. The predicted molar refractivity (Wildman–Crippen MR) is 127 cm³/mol. The highest BCUT2D eigenvalue weighted by Crippen LogP contribution is 2.28. The molecule has 1 saturated heterocycles. The Morgan fingerprint density at radius 2 is 2.03 bits per heavy atom. The number of hydrogen-bond acceptors (Lipinski definition) is 4. The lowest BCUT2D eigenvalue weighted by Gasteiger charge is -2.33. The summed E-state index contributed by atoms with van der Waals surface area (Å²) in [6, 6.07) is 6.64. The van der Waals surface area contributed by atoms with Crippen LogP contribution in [0.4, 0.5) is 5.69 Å². The van der Waals surface area contributed by atoms with E-state index in [1.54, 1.807) is 7.11 Å². The van der Waals surface area contributed by atoms with Crippen LogP contribution in [0.2, 0.25) is 5.02 Å². The zero-order valence-corrected chi connectivity index (χ0v) is 19.3. The molecular weight excluding hydrogens is 398 g/mol. The molecule has 1 saturated carbocycles. The number of benzene rings is 1. The van der Waals surface area contributed by atoms with Crippen molar-refractivity contribution in [2.24, 2.45) is 10.7 Å². The highest BCUT2D eigenvalue weighted by Gasteiger charge is 2.23. The number of rotatable bonds is 7. The van der Waals surface area contributed by atoms with Crippen LogP contribution >= 0.6 is 11.6 Å². The summed E-state index contributed by atoms with van der Waals surface area (Å²) in [5.74, 6) is 1.49. The van der Waals surface area contributed by atoms with E-state index in [-0.39, 0.29) is 12.1 Å². The predicted octanol–water partition coefficient (Wildman–Crippen LogP) is 4.24. The van der Waals surface area contributed by atoms with Gasteiger partial charge in [0.05, 0.1) is 12.8 Å². The van der Waals surface area contributed by atoms with Gasteiger partial charge in [-0.25, -0.2) is 0 Å². The van der Waals surface area contributed by atoms with Crippen LogP contribution in [-0.4, -0.2) is 55.7 Å². The van der Waals surface area contributed by atoms with Crippen LogP contribution in [0.5, 0.6) is 5.75 Å². The standard InChI is InChI=1S/C23H38ClN5O/c1-17-8-5-6-14-29(17)15-7-13-26-23(27-20-10-4-3-9-19(20)25)28-21-16-18(24)11-12-22(21)30-2/h11-12,16-17,19-20H,3-10,13-15,25H2,1-2H3,(H2,26,27,28)/t17?,19-,20-/m0/s1. The third-order valence-corrected chi connectivity index (χ3v) is 6.61. The van der Waals surface area contributed by atoms with Gasteiger partial charge in [-0.1, -0.05) is 30.9 Å². The summed E-state index contributed by atoms with van der Waals surface area (Å²) in [6.07, 6.45) is 9.55. The monoisotopic (exact) mass is 435 g/mol. The van der Waals surface area contributed by atoms with Crippen LogP contribution in [0.3, 0.4) is 0 Å². The van der Waals surface area contributed by atoms with Crippen molar-refractivity contribution in [2.45, 2.75) is 76.4 Å². The maximum absolute atomic E-state index is 6.37. The van der Waals surface area contributed by atoms with Crippen LogP contribution < -0.4 is 21.1 Å². The number of ether oxygens (including phenoxy) is 1. The van der Waals surface area contributed by atoms with E-state index in [1.807, 2.05) is 18.2 Å². The topological polar surface area (TPSA) is 74.9 Å². The molecule has 1 aromatic rings. The van der Waals surface area contributed by atoms with Gasteiger partial charge in [0.15, 0.2) is 5.96 Å². The number of hydrogen-bond donors (Lipinski definition) is 3. The molecule has 3 rings (SSSR count). The molecule has 2 aliphatic rings. The second-order valence-corrected chi connectivity index (χ2v) is 9.07. The lowest BCUT2D eigenvalue weighted by molar-refractivity contribution is 0.160. The van der Waals surface area contributed by atoms with Crippen molar-refractivity contribution >= 4 is 23.2 Å². The first-order valence-electron chi connectivity index (χ1n) is 11.5. The molecule has 1 aromatic carbocycles. The van der Waals surface area contributed by atoms with Crippen LogP contribution in [-0.2, 0) is 0 Å². The Hall–Kier alpha value is -1.50. The fourth-order valence-electron chi connectivity index (χ4n) is 4.50. The number of piperidine rings is 1. The first-order chi connectivity index (χ1) is 14.6. The Bertz CT molecular complexity index is 698. The number of nitrogens with two attached hydrogens (primary N) is 1. The largest absolute Gasteiger partial charge is 0.495 e. The molecule has 6 nitrogen and oxygen atoms in total. The Morgan fingerprint density at radius 1 is 1.23 bits per heavy atom. The number of aliphatic imine (C=N–C) groups is 1. The van der Waals surface area contributed by atoms with E-state index in [0.717, 1.165) is 49.7 Å². The van der Waals surface area contributed by atoms with Crippen molar-refractivity contribution in [2.75, 3.05) is 32.1 Å². The molecular formula is C23H38ClN5O. The maximum Gasteiger partial charge on any atom is 0.196 e. The third-order valence-electron chi connectivity index (χ3n) is 6.37. The van der Waals surface area contributed by atoms with E-state index in [0.29, 0.717) is 11.1 Å². The van der Waals surface area contributed by atoms with Gasteiger partial charge in [-0.3, -0.25) is 4.99 Å². The maximum atomic E-state index is 6.37. The first kappa shape index (κ1) is 23.2. The van der Waals surface area contributed by atoms with Gasteiger partial charge in [0.25, 0.3) is 0 Å². The summed E-state index contributed by atoms with van der Waals surface area (Å²) < 4.78 is 5.49. The molecule has 2 fully saturated rings. The number of methoxy groups -OCH3 is 1. The van der Waals surface area contributed by atoms with Crippen LogP contribution in [0.15, 0.2) is 23.2 Å². The van der Waals surface area contributed by atoms with Crippen LogP contribution in [0.25, 0.3) is 0 Å². The van der Waals surface area contributed by atoms with Gasteiger partial charge >= 0.3 is 0 Å². The van der Waals surface area contributed by atoms with E-state index >= 15 is 0 Å². The lowest BCUT2D eigenvalue weighted by Crippen LogP contribution is -2.51. The third kappa shape index (κ3) is 6.76. The number of nitrogens with zero attached hydrogens (tertiary/aromatic N) is 2. The Balaban J connectivity index is 1.65. The van der Waals surface area contributed by atoms with Crippen LogP contribution in [0, 0.1) is 0 Å². The van der Waals surface area contributed by atoms with Gasteiger partial charge in [-0.2, -0.15) is 0 Å². The van der Waals surface area contributed by atoms with E-state index < -0.39 is 0 Å². The molecule has 30 heavy (non-hydrogen) atoms. The van der Waals surface area contributed by atoms with Crippen LogP contribution in [0.1, 0.15) is 58.3 Å². The van der Waals surface area contributed by atoms with Crippen molar-refractivity contribution in [3.63, 3.8) is 0 Å². The Morgan fingerprint density at radius 3 is 2.80 bits per heavy atom. The molecule has 4 N–H and O–H groups in total. The molecule has 0 bridgehead atoms. The normalized spacial score (nSPS) is 25.7. The second-order valence-electron chi connectivity index (χ2n) is 8.63. The molecule has 1 aliphatic heterocycles. The average Bonchev–Trinajstić information content (AvgIpc) is 2.74. The SMILES string of the molecule is COc1ccc(Cl)cc1NC(=NCCCN1CCCCC1C)N[C@H]1CCCC[C@@H]1N. The number of nitrogens with one attached hydrogen (secondary N) is 2. The second kappa shape index (κ2) is 11.8. The van der Waals surface area contributed by atoms with Gasteiger partial charge in [0.2, 0.25) is 0 Å². The number of anilines is 1. The molecule has 0 radical (unpaired) electrons. The zero-order chi connectivity index (χ0) is 21.3. The zero-order valence-electron chi connectivity index (χ0n) is 18.5. The van der Waals surface area contributed by atoms with Crippen molar-refractivity contribution in [1.29, 1.82) is 0 Å². The summed E-state index contributed by atoms with van der Waals surface area (Å²) in [5, 5.41) is 7.65. The first-order valence-corrected chi connectivity index (χ1v) is 11.9. The van der Waals surface area contributed by atoms with E-state index in [2.05, 4.69) is 22.5 Å². The van der Waals surface area contributed by atoms with E-state index in [1.165, 1.54) is 38.6 Å². The summed E-state index contributed by atoms with van der Waals surface area (Å²) >= 11 is 6.22. The smallest absolute Gasteiger partial charge is 0.196 e. The van der Waals surface area contributed by atoms with E-state index in [4.69, 9.17) is 27.1 Å². The molecule has 7 heteroatoms. The van der Waals surface area contributed by atoms with Crippen molar-refractivity contribution in [1.82, 2.24) is 10.2 Å². The highest BCUT2D eigenvalue weighted by atomic mass is 35.5. The van der Waals surface area contributed by atoms with E-state index in [9.17, 15) is 0 Å². The molecule has 0 aromatic heterocycles. The van der Waals surface area contributed by atoms with Crippen molar-refractivity contribution in [3.05, 3.63) is 23.2 Å². The molecule has 168 valence electrons. The Kier molecular flexibility index (Phi) is 9.09. The molecule has 3 atom stereocenters. The van der Waals surface area contributed by atoms with Crippen molar-refractivity contribution in [3.8, 4) is 5.75 Å². The lowest BCUT2D eigenvalue weighted by atomic mass is 9.91. The summed E-state index contributed by atoms with van der Waals surface area (Å²) in [5.41, 5.74) is 7.18. The summed E-state index contributed by atoms with van der Waals surface area (Å²) in [6.45, 7) is 5.42. The molecule has 1 heterocycles. The minimum absolute atomic E-state index is 0.154. The van der Waals surface area contributed by atoms with Gasteiger partial charge in [-0.05, 0) is 63.8 Å². The fraction of sp³-hybridized carbons (Fsp3) is 0.696. The van der Waals surface area contributed by atoms with Gasteiger partial charge in [0.1, 0.15) is 5.75 Å². The minimum Gasteiger partial charge on any atom is -0.495 e. The number of guanidine groups is 1. The van der Waals surface area contributed by atoms with Crippen molar-refractivity contribution < 1.29 is 4.74 Å². The number of halogens is 1. The van der Waals surface area contributed by atoms with Gasteiger partial charge < -0.3 is 26.0 Å². The molecule has 0 spiro atoms. The average molecular weight is 436 g/mol. The quantitative estimate of drug-likeness (QED) is 0.339. The van der Waals surface area contributed by atoms with Gasteiger partial charge in [0, 0.05) is 36.2 Å². The van der Waals surface area contributed by atoms with Gasteiger partial charge in [-0.15, -0.1) is 0 Å². The molecule has 1 aliphatic carbocycles. The highest BCUT2D eigenvalue weighted by molar-refractivity contribution is 6.31. The molecule has 1 unspecified atom stereocenters. The summed E-state index contributed by atoms with van der Waals surface area (Å²) in [4.78, 5) is 7.47. The summed E-state index contributed by atoms with van der Waals surface area (Å²) in [7, 11) is 1.66. The fourth-order valence-corrected chi connectivity index (χ4v) is 4.67.